The Balaban J connectivity index is 1.69. The van der Waals surface area contributed by atoms with Crippen LogP contribution in [0.3, 0.4) is 0 Å². The highest BCUT2D eigenvalue weighted by Crippen LogP contribution is 2.37. The SMILES string of the molecule is O=C1c2ccnc(-c3ccc(F)cc3O)c2CN1c1ccc(OC(F)F)cc1. The molecule has 0 saturated carbocycles. The Hall–Kier alpha value is -3.55. The van der Waals surface area contributed by atoms with E-state index in [2.05, 4.69) is 9.72 Å². The lowest BCUT2D eigenvalue weighted by Crippen LogP contribution is -2.22. The number of benzene rings is 2. The smallest absolute Gasteiger partial charge is 0.387 e. The van der Waals surface area contributed by atoms with Gasteiger partial charge in [-0.15, -0.1) is 0 Å². The molecule has 0 unspecified atom stereocenters. The van der Waals surface area contributed by atoms with Gasteiger partial charge in [-0.25, -0.2) is 4.39 Å². The lowest BCUT2D eigenvalue weighted by atomic mass is 10.0. The Bertz CT molecular complexity index is 1060. The summed E-state index contributed by atoms with van der Waals surface area (Å²) >= 11 is 0. The van der Waals surface area contributed by atoms with Crippen LogP contribution < -0.4 is 9.64 Å². The normalized spacial score (nSPS) is 13.1. The van der Waals surface area contributed by atoms with Crippen molar-refractivity contribution >= 4 is 11.6 Å². The van der Waals surface area contributed by atoms with Crippen molar-refractivity contribution in [1.82, 2.24) is 4.98 Å². The zero-order chi connectivity index (χ0) is 19.8. The van der Waals surface area contributed by atoms with E-state index in [0.717, 1.165) is 6.07 Å². The van der Waals surface area contributed by atoms with E-state index in [9.17, 15) is 23.1 Å². The molecule has 1 amide bonds. The highest BCUT2D eigenvalue weighted by Gasteiger charge is 2.32. The fourth-order valence-corrected chi connectivity index (χ4v) is 3.18. The molecule has 0 bridgehead atoms. The minimum absolute atomic E-state index is 0.0125. The summed E-state index contributed by atoms with van der Waals surface area (Å²) < 4.78 is 42.2. The number of phenols is 1. The number of amides is 1. The predicted molar refractivity (Wildman–Crippen MR) is 94.9 cm³/mol. The van der Waals surface area contributed by atoms with Crippen LogP contribution in [0.15, 0.2) is 54.7 Å². The van der Waals surface area contributed by atoms with Gasteiger partial charge >= 0.3 is 6.61 Å². The molecule has 2 heterocycles. The molecule has 5 nitrogen and oxygen atoms in total. The number of pyridine rings is 1. The maximum Gasteiger partial charge on any atom is 0.387 e. The number of carbonyl (C=O) groups excluding carboxylic acids is 1. The lowest BCUT2D eigenvalue weighted by molar-refractivity contribution is -0.0498. The number of phenolic OH excluding ortho intramolecular Hbond substituents is 1. The molecule has 1 aromatic heterocycles. The number of carbonyl (C=O) groups is 1. The molecular weight excluding hydrogens is 373 g/mol. The van der Waals surface area contributed by atoms with Gasteiger partial charge in [-0.3, -0.25) is 9.78 Å². The molecule has 0 fully saturated rings. The monoisotopic (exact) mass is 386 g/mol. The van der Waals surface area contributed by atoms with E-state index in [-0.39, 0.29) is 24.0 Å². The molecule has 1 N–H and O–H groups in total. The average Bonchev–Trinajstić information content (AvgIpc) is 2.99. The third kappa shape index (κ3) is 3.13. The molecule has 28 heavy (non-hydrogen) atoms. The van der Waals surface area contributed by atoms with E-state index >= 15 is 0 Å². The maximum atomic E-state index is 13.3. The second-order valence-electron chi connectivity index (χ2n) is 6.11. The Morgan fingerprint density at radius 3 is 2.50 bits per heavy atom. The van der Waals surface area contributed by atoms with E-state index < -0.39 is 12.4 Å². The highest BCUT2D eigenvalue weighted by atomic mass is 19.3. The van der Waals surface area contributed by atoms with Crippen LogP contribution in [0, 0.1) is 5.82 Å². The Morgan fingerprint density at radius 2 is 1.82 bits per heavy atom. The molecule has 1 aliphatic heterocycles. The number of rotatable bonds is 4. The van der Waals surface area contributed by atoms with Crippen LogP contribution in [0.4, 0.5) is 18.9 Å². The first-order valence-electron chi connectivity index (χ1n) is 8.27. The fourth-order valence-electron chi connectivity index (χ4n) is 3.18. The molecule has 0 radical (unpaired) electrons. The summed E-state index contributed by atoms with van der Waals surface area (Å²) in [7, 11) is 0. The molecule has 142 valence electrons. The summed E-state index contributed by atoms with van der Waals surface area (Å²) in [5.74, 6) is -1.16. The number of aromatic nitrogens is 1. The van der Waals surface area contributed by atoms with Crippen LogP contribution in [0.25, 0.3) is 11.3 Å². The maximum absolute atomic E-state index is 13.3. The average molecular weight is 386 g/mol. The molecule has 2 aromatic carbocycles. The van der Waals surface area contributed by atoms with Crippen molar-refractivity contribution in [3.8, 4) is 22.8 Å². The summed E-state index contributed by atoms with van der Waals surface area (Å²) in [6, 6.07) is 10.9. The number of hydrogen-bond acceptors (Lipinski definition) is 4. The van der Waals surface area contributed by atoms with Crippen LogP contribution in [-0.2, 0) is 6.54 Å². The molecular formula is C20H13F3N2O3. The quantitative estimate of drug-likeness (QED) is 0.724. The second kappa shape index (κ2) is 6.88. The fraction of sp³-hybridized carbons (Fsp3) is 0.100. The zero-order valence-corrected chi connectivity index (χ0v) is 14.3. The van der Waals surface area contributed by atoms with Gasteiger partial charge < -0.3 is 14.7 Å². The number of halogens is 3. The van der Waals surface area contributed by atoms with Gasteiger partial charge in [0.05, 0.1) is 12.2 Å². The van der Waals surface area contributed by atoms with Gasteiger partial charge in [0.15, 0.2) is 0 Å². The van der Waals surface area contributed by atoms with Gasteiger partial charge in [0.1, 0.15) is 17.3 Å². The van der Waals surface area contributed by atoms with Crippen molar-refractivity contribution in [2.75, 3.05) is 4.90 Å². The van der Waals surface area contributed by atoms with Crippen LogP contribution in [-0.4, -0.2) is 22.6 Å². The molecule has 0 saturated heterocycles. The molecule has 0 aliphatic carbocycles. The van der Waals surface area contributed by atoms with Crippen LogP contribution in [0.1, 0.15) is 15.9 Å². The first-order chi connectivity index (χ1) is 13.4. The standard InChI is InChI=1S/C20H13F3N2O3/c21-11-1-6-15(17(26)9-11)18-16-10-25(19(27)14(16)7-8-24-18)12-2-4-13(5-3-12)28-20(22)23/h1-9,20,26H,10H2. The third-order valence-electron chi connectivity index (χ3n) is 4.44. The van der Waals surface area contributed by atoms with Gasteiger partial charge in [0.25, 0.3) is 5.91 Å². The number of nitrogens with zero attached hydrogens (tertiary/aromatic N) is 2. The second-order valence-corrected chi connectivity index (χ2v) is 6.11. The van der Waals surface area contributed by atoms with Gasteiger partial charge in [-0.05, 0) is 42.5 Å². The van der Waals surface area contributed by atoms with Crippen molar-refractivity contribution in [1.29, 1.82) is 0 Å². The highest BCUT2D eigenvalue weighted by molar-refractivity contribution is 6.11. The predicted octanol–water partition coefficient (Wildman–Crippen LogP) is 4.36. The van der Waals surface area contributed by atoms with E-state index in [1.807, 2.05) is 0 Å². The minimum Gasteiger partial charge on any atom is -0.507 e. The zero-order valence-electron chi connectivity index (χ0n) is 14.3. The third-order valence-corrected chi connectivity index (χ3v) is 4.44. The molecule has 0 spiro atoms. The first-order valence-corrected chi connectivity index (χ1v) is 8.27. The number of alkyl halides is 2. The van der Waals surface area contributed by atoms with Crippen LogP contribution in [0.5, 0.6) is 11.5 Å². The Kier molecular flexibility index (Phi) is 4.38. The summed E-state index contributed by atoms with van der Waals surface area (Å²) in [6.07, 6.45) is 1.44. The summed E-state index contributed by atoms with van der Waals surface area (Å²) in [4.78, 5) is 18.5. The number of ether oxygens (including phenoxy) is 1. The Labute approximate surface area is 157 Å². The van der Waals surface area contributed by atoms with Gasteiger partial charge in [0.2, 0.25) is 0 Å². The molecule has 1 aliphatic rings. The number of anilines is 1. The van der Waals surface area contributed by atoms with Crippen molar-refractivity contribution in [3.05, 3.63) is 71.7 Å². The van der Waals surface area contributed by atoms with E-state index in [4.69, 9.17) is 0 Å². The van der Waals surface area contributed by atoms with Crippen molar-refractivity contribution in [2.45, 2.75) is 13.2 Å². The van der Waals surface area contributed by atoms with E-state index in [1.165, 1.54) is 47.5 Å². The van der Waals surface area contributed by atoms with Gasteiger partial charge in [-0.2, -0.15) is 8.78 Å². The summed E-state index contributed by atoms with van der Waals surface area (Å²) in [5.41, 5.74) is 2.18. The lowest BCUT2D eigenvalue weighted by Gasteiger charge is -2.16. The largest absolute Gasteiger partial charge is 0.507 e. The minimum atomic E-state index is -2.93. The molecule has 3 aromatic rings. The van der Waals surface area contributed by atoms with Crippen LogP contribution >= 0.6 is 0 Å². The van der Waals surface area contributed by atoms with E-state index in [1.54, 1.807) is 6.07 Å². The number of fused-ring (bicyclic) bond motifs is 1. The molecule has 8 heteroatoms. The number of hydrogen-bond donors (Lipinski definition) is 1. The van der Waals surface area contributed by atoms with Crippen LogP contribution in [0.2, 0.25) is 0 Å². The van der Waals surface area contributed by atoms with Crippen molar-refractivity contribution < 1.29 is 27.8 Å². The molecule has 0 atom stereocenters. The van der Waals surface area contributed by atoms with Crippen molar-refractivity contribution in [3.63, 3.8) is 0 Å². The Morgan fingerprint density at radius 1 is 1.07 bits per heavy atom. The topological polar surface area (TPSA) is 62.7 Å². The summed E-state index contributed by atoms with van der Waals surface area (Å²) in [5, 5.41) is 10.1. The van der Waals surface area contributed by atoms with Gasteiger partial charge in [-0.1, -0.05) is 0 Å². The summed E-state index contributed by atoms with van der Waals surface area (Å²) in [6.45, 7) is -2.76. The van der Waals surface area contributed by atoms with Gasteiger partial charge in [0, 0.05) is 34.6 Å². The number of aromatic hydroxyl groups is 1. The van der Waals surface area contributed by atoms with E-state index in [0.29, 0.717) is 28.1 Å². The first kappa shape index (κ1) is 17.8. The molecule has 4 rings (SSSR count). The van der Waals surface area contributed by atoms with Crippen molar-refractivity contribution in [2.24, 2.45) is 0 Å².